The van der Waals surface area contributed by atoms with Crippen molar-refractivity contribution < 1.29 is 63.2 Å². The third-order valence-corrected chi connectivity index (χ3v) is 8.13. The molecule has 2 aromatic carbocycles. The molecule has 0 aromatic heterocycles. The van der Waals surface area contributed by atoms with E-state index in [-0.39, 0.29) is 43.4 Å². The van der Waals surface area contributed by atoms with Crippen LogP contribution in [0.1, 0.15) is 70.3 Å². The Kier molecular flexibility index (Phi) is 12.1. The van der Waals surface area contributed by atoms with Gasteiger partial charge in [0.25, 0.3) is 0 Å². The van der Waals surface area contributed by atoms with Gasteiger partial charge in [0.2, 0.25) is 0 Å². The van der Waals surface area contributed by atoms with Gasteiger partial charge in [0.05, 0.1) is 19.1 Å². The van der Waals surface area contributed by atoms with Crippen LogP contribution in [-0.2, 0) is 15.6 Å². The van der Waals surface area contributed by atoms with Crippen molar-refractivity contribution in [3.63, 3.8) is 0 Å². The highest BCUT2D eigenvalue weighted by Crippen LogP contribution is 2.43. The number of ether oxygens (including phenoxy) is 5. The van der Waals surface area contributed by atoms with Crippen molar-refractivity contribution in [2.45, 2.75) is 83.2 Å². The molecule has 14 heteroatoms. The molecular weight excluding hydrogens is 635 g/mol. The summed E-state index contributed by atoms with van der Waals surface area (Å²) >= 11 is 0. The van der Waals surface area contributed by atoms with E-state index in [0.717, 1.165) is 25.7 Å². The zero-order valence-corrected chi connectivity index (χ0v) is 25.0. The summed E-state index contributed by atoms with van der Waals surface area (Å²) < 4.78 is 151. The van der Waals surface area contributed by atoms with Gasteiger partial charge in [-0.2, -0.15) is 26.3 Å². The van der Waals surface area contributed by atoms with Gasteiger partial charge in [-0.05, 0) is 63.0 Å². The Morgan fingerprint density at radius 2 is 1.43 bits per heavy atom. The number of alkyl halides is 4. The van der Waals surface area contributed by atoms with Crippen molar-refractivity contribution in [3.05, 3.63) is 65.7 Å². The average molecular weight is 671 g/mol. The lowest BCUT2D eigenvalue weighted by Crippen LogP contribution is -2.37. The lowest BCUT2D eigenvalue weighted by atomic mass is 9.79. The fourth-order valence-corrected chi connectivity index (χ4v) is 5.62. The van der Waals surface area contributed by atoms with Gasteiger partial charge in [0.15, 0.2) is 29.9 Å². The number of halogens is 9. The molecule has 1 aliphatic heterocycles. The molecule has 2 aromatic rings. The standard InChI is InChI=1S/C32H35F9O5/c1-2-3-4-20-16-42-29(43-17-20)12-7-19-5-8-21(9-6-19)31(38,39)45-22-10-11-24(25(33)13-22)32(40,41)46-23-14-26(34)30(27(35)15-23)44-18-28(36)37/h10-11,13-15,18-21,29H,2-9,12,16-17H2,1H3. The van der Waals surface area contributed by atoms with Crippen LogP contribution in [-0.4, -0.2) is 25.6 Å². The molecule has 0 unspecified atom stereocenters. The molecule has 1 heterocycles. The van der Waals surface area contributed by atoms with E-state index in [9.17, 15) is 30.7 Å². The van der Waals surface area contributed by atoms with Crippen molar-refractivity contribution in [1.29, 1.82) is 0 Å². The summed E-state index contributed by atoms with van der Waals surface area (Å²) in [7, 11) is 0. The Morgan fingerprint density at radius 3 is 2.02 bits per heavy atom. The molecule has 0 radical (unpaired) electrons. The van der Waals surface area contributed by atoms with Gasteiger partial charge in [0.1, 0.15) is 22.9 Å². The highest BCUT2D eigenvalue weighted by Gasteiger charge is 2.45. The van der Waals surface area contributed by atoms with E-state index in [0.29, 0.717) is 56.6 Å². The lowest BCUT2D eigenvalue weighted by molar-refractivity contribution is -0.224. The van der Waals surface area contributed by atoms with Crippen LogP contribution >= 0.6 is 0 Å². The molecule has 0 bridgehead atoms. The van der Waals surface area contributed by atoms with Gasteiger partial charge in [-0.25, -0.2) is 13.2 Å². The second-order valence-electron chi connectivity index (χ2n) is 11.6. The normalized spacial score (nSPS) is 22.3. The van der Waals surface area contributed by atoms with Gasteiger partial charge in [0, 0.05) is 24.1 Å². The molecule has 46 heavy (non-hydrogen) atoms. The van der Waals surface area contributed by atoms with E-state index in [1.165, 1.54) is 0 Å². The second kappa shape index (κ2) is 15.6. The largest absolute Gasteiger partial charge is 0.453 e. The van der Waals surface area contributed by atoms with Crippen molar-refractivity contribution in [3.8, 4) is 17.2 Å². The van der Waals surface area contributed by atoms with E-state index in [1.54, 1.807) is 0 Å². The summed E-state index contributed by atoms with van der Waals surface area (Å²) in [5, 5.41) is 0. The van der Waals surface area contributed by atoms with Crippen LogP contribution < -0.4 is 14.2 Å². The third kappa shape index (κ3) is 9.69. The minimum atomic E-state index is -4.53. The first kappa shape index (κ1) is 35.7. The average Bonchev–Trinajstić information content (AvgIpc) is 2.98. The molecule has 0 spiro atoms. The molecule has 1 saturated carbocycles. The first-order valence-electron chi connectivity index (χ1n) is 15.1. The molecule has 0 amide bonds. The molecule has 5 nitrogen and oxygen atoms in total. The molecule has 0 N–H and O–H groups in total. The summed E-state index contributed by atoms with van der Waals surface area (Å²) in [5.74, 6) is -8.73. The van der Waals surface area contributed by atoms with Gasteiger partial charge in [-0.1, -0.05) is 19.8 Å². The Balaban J connectivity index is 1.28. The Labute approximate surface area is 260 Å². The topological polar surface area (TPSA) is 46.2 Å². The lowest BCUT2D eigenvalue weighted by Gasteiger charge is -2.34. The Morgan fingerprint density at radius 1 is 0.804 bits per heavy atom. The molecule has 1 saturated heterocycles. The zero-order valence-electron chi connectivity index (χ0n) is 25.0. The van der Waals surface area contributed by atoms with Crippen LogP contribution in [0.2, 0.25) is 0 Å². The van der Waals surface area contributed by atoms with Crippen LogP contribution in [0.3, 0.4) is 0 Å². The van der Waals surface area contributed by atoms with E-state index < -0.39 is 64.5 Å². The van der Waals surface area contributed by atoms with Crippen LogP contribution in [0.25, 0.3) is 0 Å². The summed E-state index contributed by atoms with van der Waals surface area (Å²) in [5.41, 5.74) is -1.44. The molecule has 4 rings (SSSR count). The smallest absolute Gasteiger partial charge is 0.429 e. The van der Waals surface area contributed by atoms with E-state index in [2.05, 4.69) is 16.4 Å². The summed E-state index contributed by atoms with van der Waals surface area (Å²) in [6.07, 6.45) is -5.15. The maximum atomic E-state index is 15.0. The van der Waals surface area contributed by atoms with Crippen molar-refractivity contribution in [2.24, 2.45) is 17.8 Å². The van der Waals surface area contributed by atoms with Gasteiger partial charge >= 0.3 is 18.3 Å². The maximum Gasteiger partial charge on any atom is 0.429 e. The number of benzene rings is 2. The van der Waals surface area contributed by atoms with E-state index in [1.807, 2.05) is 0 Å². The SMILES string of the molecule is CCCCC1COC(CCC2CCC(C(F)(F)Oc3ccc(C(F)(F)Oc4cc(F)c(OC=C(F)F)c(F)c4)c(F)c3)CC2)OC1. The number of rotatable bonds is 14. The first-order chi connectivity index (χ1) is 21.8. The predicted octanol–water partition coefficient (Wildman–Crippen LogP) is 10.1. The molecule has 2 fully saturated rings. The fraction of sp³-hybridized carbons (Fsp3) is 0.562. The second-order valence-corrected chi connectivity index (χ2v) is 11.6. The van der Waals surface area contributed by atoms with Crippen LogP contribution in [0, 0.1) is 35.2 Å². The highest BCUT2D eigenvalue weighted by atomic mass is 19.3. The minimum absolute atomic E-state index is 0.144. The van der Waals surface area contributed by atoms with Gasteiger partial charge in [-0.15, -0.1) is 0 Å². The summed E-state index contributed by atoms with van der Waals surface area (Å²) in [6.45, 7) is 3.44. The van der Waals surface area contributed by atoms with Gasteiger partial charge < -0.3 is 23.7 Å². The summed E-state index contributed by atoms with van der Waals surface area (Å²) in [4.78, 5) is 0. The minimum Gasteiger partial charge on any atom is -0.453 e. The summed E-state index contributed by atoms with van der Waals surface area (Å²) in [6, 6.07) is 1.89. The quantitative estimate of drug-likeness (QED) is 0.148. The van der Waals surface area contributed by atoms with Crippen LogP contribution in [0.15, 0.2) is 42.7 Å². The first-order valence-corrected chi connectivity index (χ1v) is 15.1. The monoisotopic (exact) mass is 670 g/mol. The van der Waals surface area contributed by atoms with Crippen LogP contribution in [0.5, 0.6) is 17.2 Å². The fourth-order valence-electron chi connectivity index (χ4n) is 5.62. The Hall–Kier alpha value is -3.13. The van der Waals surface area contributed by atoms with E-state index in [4.69, 9.17) is 14.2 Å². The Bertz CT molecular complexity index is 1300. The van der Waals surface area contributed by atoms with E-state index >= 15 is 8.78 Å². The molecular formula is C32H35F9O5. The zero-order chi connectivity index (χ0) is 33.5. The third-order valence-electron chi connectivity index (χ3n) is 8.13. The highest BCUT2D eigenvalue weighted by molar-refractivity contribution is 5.37. The van der Waals surface area contributed by atoms with Gasteiger partial charge in [-0.3, -0.25) is 0 Å². The number of hydrogen-bond donors (Lipinski definition) is 0. The van der Waals surface area contributed by atoms with Crippen molar-refractivity contribution in [2.75, 3.05) is 13.2 Å². The van der Waals surface area contributed by atoms with Crippen molar-refractivity contribution in [1.82, 2.24) is 0 Å². The predicted molar refractivity (Wildman–Crippen MR) is 147 cm³/mol. The molecule has 2 aliphatic rings. The number of hydrogen-bond acceptors (Lipinski definition) is 5. The van der Waals surface area contributed by atoms with Crippen molar-refractivity contribution >= 4 is 0 Å². The van der Waals surface area contributed by atoms with Crippen LogP contribution in [0.4, 0.5) is 39.5 Å². The molecule has 0 atom stereocenters. The molecule has 1 aliphatic carbocycles. The number of unbranched alkanes of at least 4 members (excludes halogenated alkanes) is 1. The molecule has 256 valence electrons. The maximum absolute atomic E-state index is 15.0.